The zero-order valence-electron chi connectivity index (χ0n) is 16.7. The highest BCUT2D eigenvalue weighted by Crippen LogP contribution is 2.42. The fourth-order valence-corrected chi connectivity index (χ4v) is 6.32. The molecule has 5 heteroatoms. The van der Waals surface area contributed by atoms with Crippen molar-refractivity contribution in [1.82, 2.24) is 4.90 Å². The third-order valence-corrected chi connectivity index (χ3v) is 7.85. The summed E-state index contributed by atoms with van der Waals surface area (Å²) in [4.78, 5) is 3.60. The van der Waals surface area contributed by atoms with E-state index in [0.29, 0.717) is 5.75 Å². The molecule has 0 aliphatic rings. The molecule has 1 heterocycles. The lowest BCUT2D eigenvalue weighted by Crippen LogP contribution is -2.24. The van der Waals surface area contributed by atoms with Crippen molar-refractivity contribution in [1.29, 1.82) is 0 Å². The van der Waals surface area contributed by atoms with Crippen LogP contribution < -0.4 is 0 Å². The molecule has 0 saturated heterocycles. The molecule has 3 aromatic rings. The number of phenols is 1. The third kappa shape index (κ3) is 4.90. The minimum atomic E-state index is 0.372. The summed E-state index contributed by atoms with van der Waals surface area (Å²) in [6.07, 6.45) is 2.23. The molecule has 0 radical (unpaired) electrons. The Morgan fingerprint density at radius 2 is 1.57 bits per heavy atom. The van der Waals surface area contributed by atoms with Crippen molar-refractivity contribution < 1.29 is 5.11 Å². The molecule has 0 spiro atoms. The monoisotopic (exact) mass is 429 g/mol. The average Bonchev–Trinajstić information content (AvgIpc) is 3.06. The van der Waals surface area contributed by atoms with E-state index in [1.807, 2.05) is 12.1 Å². The van der Waals surface area contributed by atoms with Crippen LogP contribution in [-0.2, 0) is 6.54 Å². The molecule has 0 saturated carbocycles. The Kier molecular flexibility index (Phi) is 7.41. The minimum absolute atomic E-state index is 0.372. The first-order chi connectivity index (χ1) is 13.5. The third-order valence-electron chi connectivity index (χ3n) is 4.79. The van der Waals surface area contributed by atoms with Crippen LogP contribution in [0, 0.1) is 10.7 Å². The Labute approximate surface area is 180 Å². The van der Waals surface area contributed by atoms with Crippen LogP contribution in [-0.4, -0.2) is 23.1 Å². The van der Waals surface area contributed by atoms with Crippen LogP contribution in [0.25, 0.3) is 21.6 Å². The van der Waals surface area contributed by atoms with E-state index >= 15 is 0 Å². The second-order valence-corrected chi connectivity index (χ2v) is 9.96. The van der Waals surface area contributed by atoms with Crippen LogP contribution >= 0.6 is 32.9 Å². The van der Waals surface area contributed by atoms with E-state index in [0.717, 1.165) is 58.6 Å². The standard InChI is InChI=1S/C23H27NOS3/c1-4-12-24(13-5-2)15-19-14-18(10-11-20(19)25)22-21(23(26)28-27-22)17-8-6-16(3)7-9-17/h6-11,14,25H,4-5,12-13,15H2,1-3H3. The van der Waals surface area contributed by atoms with Crippen molar-refractivity contribution in [3.8, 4) is 27.3 Å². The largest absolute Gasteiger partial charge is 0.508 e. The molecule has 1 aromatic heterocycles. The smallest absolute Gasteiger partial charge is 0.120 e. The Balaban J connectivity index is 1.99. The first-order valence-corrected chi connectivity index (χ1v) is 12.3. The Morgan fingerprint density at radius 3 is 2.21 bits per heavy atom. The topological polar surface area (TPSA) is 23.5 Å². The lowest BCUT2D eigenvalue weighted by Gasteiger charge is -2.22. The second kappa shape index (κ2) is 9.79. The van der Waals surface area contributed by atoms with Crippen LogP contribution in [0.5, 0.6) is 5.75 Å². The van der Waals surface area contributed by atoms with Gasteiger partial charge in [-0.05, 0) is 62.2 Å². The summed E-state index contributed by atoms with van der Waals surface area (Å²) in [5.74, 6) is 0.372. The van der Waals surface area contributed by atoms with Gasteiger partial charge < -0.3 is 5.11 Å². The zero-order valence-corrected chi connectivity index (χ0v) is 19.1. The lowest BCUT2D eigenvalue weighted by atomic mass is 10.0. The molecular formula is C23H27NOS3. The van der Waals surface area contributed by atoms with Crippen LogP contribution in [0.1, 0.15) is 37.8 Å². The van der Waals surface area contributed by atoms with E-state index in [4.69, 9.17) is 12.2 Å². The van der Waals surface area contributed by atoms with Gasteiger partial charge in [-0.3, -0.25) is 4.90 Å². The molecule has 148 valence electrons. The molecule has 0 unspecified atom stereocenters. The summed E-state index contributed by atoms with van der Waals surface area (Å²) < 4.78 is 0.928. The van der Waals surface area contributed by atoms with E-state index in [2.05, 4.69) is 56.0 Å². The van der Waals surface area contributed by atoms with Gasteiger partial charge in [0.25, 0.3) is 0 Å². The van der Waals surface area contributed by atoms with Crippen molar-refractivity contribution in [2.24, 2.45) is 0 Å². The zero-order chi connectivity index (χ0) is 20.1. The number of benzene rings is 2. The van der Waals surface area contributed by atoms with E-state index in [1.54, 1.807) is 20.7 Å². The predicted molar refractivity (Wildman–Crippen MR) is 126 cm³/mol. The molecule has 1 N–H and O–H groups in total. The summed E-state index contributed by atoms with van der Waals surface area (Å²) in [5.41, 5.74) is 5.66. The highest BCUT2D eigenvalue weighted by Gasteiger charge is 2.15. The van der Waals surface area contributed by atoms with Gasteiger partial charge in [0.05, 0.1) is 4.88 Å². The van der Waals surface area contributed by atoms with Crippen molar-refractivity contribution >= 4 is 32.9 Å². The maximum atomic E-state index is 10.4. The lowest BCUT2D eigenvalue weighted by molar-refractivity contribution is 0.263. The van der Waals surface area contributed by atoms with Crippen LogP contribution in [0.2, 0.25) is 0 Å². The van der Waals surface area contributed by atoms with Crippen molar-refractivity contribution in [2.45, 2.75) is 40.2 Å². The Hall–Kier alpha value is -1.53. The number of hydrogen-bond acceptors (Lipinski definition) is 5. The van der Waals surface area contributed by atoms with Crippen molar-refractivity contribution in [3.05, 3.63) is 57.4 Å². The molecule has 0 aliphatic heterocycles. The van der Waals surface area contributed by atoms with Gasteiger partial charge in [0.2, 0.25) is 0 Å². The normalized spacial score (nSPS) is 11.3. The highest BCUT2D eigenvalue weighted by molar-refractivity contribution is 7.80. The first-order valence-electron chi connectivity index (χ1n) is 9.78. The number of aromatic hydroxyl groups is 1. The van der Waals surface area contributed by atoms with E-state index in [-0.39, 0.29) is 0 Å². The minimum Gasteiger partial charge on any atom is -0.508 e. The Bertz CT molecular complexity index is 966. The fraction of sp³-hybridized carbons (Fsp3) is 0.348. The molecule has 0 fully saturated rings. The van der Waals surface area contributed by atoms with Gasteiger partial charge in [0.1, 0.15) is 9.57 Å². The molecule has 0 bridgehead atoms. The molecule has 0 amide bonds. The summed E-state index contributed by atoms with van der Waals surface area (Å²) in [6.45, 7) is 9.36. The van der Waals surface area contributed by atoms with E-state index < -0.39 is 0 Å². The van der Waals surface area contributed by atoms with Gasteiger partial charge in [0, 0.05) is 17.7 Å². The van der Waals surface area contributed by atoms with Crippen LogP contribution in [0.15, 0.2) is 42.5 Å². The quantitative estimate of drug-likeness (QED) is 0.296. The number of nitrogens with zero attached hydrogens (tertiary/aromatic N) is 1. The molecule has 0 aliphatic carbocycles. The molecule has 2 nitrogen and oxygen atoms in total. The van der Waals surface area contributed by atoms with Crippen molar-refractivity contribution in [2.75, 3.05) is 13.1 Å². The fourth-order valence-electron chi connectivity index (χ4n) is 3.41. The summed E-state index contributed by atoms with van der Waals surface area (Å²) in [6, 6.07) is 14.5. The van der Waals surface area contributed by atoms with E-state index in [9.17, 15) is 5.11 Å². The number of phenolic OH excluding ortho intramolecular Hbond substituents is 1. The predicted octanol–water partition coefficient (Wildman–Crippen LogP) is 7.51. The molecule has 0 atom stereocenters. The Morgan fingerprint density at radius 1 is 0.929 bits per heavy atom. The molecule has 28 heavy (non-hydrogen) atoms. The maximum Gasteiger partial charge on any atom is 0.120 e. The first kappa shape index (κ1) is 21.2. The second-order valence-electron chi connectivity index (χ2n) is 7.14. The number of rotatable bonds is 8. The number of aryl methyl sites for hydroxylation is 1. The molecule has 2 aromatic carbocycles. The van der Waals surface area contributed by atoms with Gasteiger partial charge >= 0.3 is 0 Å². The summed E-state index contributed by atoms with van der Waals surface area (Å²) in [7, 11) is 3.37. The van der Waals surface area contributed by atoms with Crippen LogP contribution in [0.3, 0.4) is 0 Å². The summed E-state index contributed by atoms with van der Waals surface area (Å²) in [5, 5.41) is 10.4. The van der Waals surface area contributed by atoms with E-state index in [1.165, 1.54) is 10.4 Å². The van der Waals surface area contributed by atoms with Gasteiger partial charge in [-0.25, -0.2) is 0 Å². The van der Waals surface area contributed by atoms with Gasteiger partial charge in [-0.2, -0.15) is 0 Å². The van der Waals surface area contributed by atoms with Crippen molar-refractivity contribution in [3.63, 3.8) is 0 Å². The van der Waals surface area contributed by atoms with Gasteiger partial charge in [-0.15, -0.1) is 0 Å². The molecule has 3 rings (SSSR count). The van der Waals surface area contributed by atoms with Gasteiger partial charge in [0.15, 0.2) is 0 Å². The van der Waals surface area contributed by atoms with Crippen LogP contribution in [0.4, 0.5) is 0 Å². The highest BCUT2D eigenvalue weighted by atomic mass is 32.9. The SMILES string of the molecule is CCCN(CCC)Cc1cc(-c2ssc(=S)c2-c2ccc(C)cc2)ccc1O. The molecular weight excluding hydrogens is 402 g/mol. The summed E-state index contributed by atoms with van der Waals surface area (Å²) >= 11 is 5.66. The number of hydrogen-bond donors (Lipinski definition) is 1. The maximum absolute atomic E-state index is 10.4. The van der Waals surface area contributed by atoms with Gasteiger partial charge in [-0.1, -0.05) is 76.6 Å². The average molecular weight is 430 g/mol.